The SMILES string of the molecule is Cc1ccc(C[N+](=O)[O-])c(F)c1. The Hall–Kier alpha value is -1.45. The van der Waals surface area contributed by atoms with E-state index < -0.39 is 17.3 Å². The molecule has 0 aliphatic rings. The van der Waals surface area contributed by atoms with Gasteiger partial charge in [0.1, 0.15) is 5.82 Å². The summed E-state index contributed by atoms with van der Waals surface area (Å²) in [5.41, 5.74) is 0.894. The molecule has 4 heteroatoms. The minimum Gasteiger partial charge on any atom is -0.264 e. The largest absolute Gasteiger partial charge is 0.264 e. The molecule has 0 saturated carbocycles. The topological polar surface area (TPSA) is 43.1 Å². The van der Waals surface area contributed by atoms with Gasteiger partial charge in [0, 0.05) is 4.92 Å². The van der Waals surface area contributed by atoms with E-state index in [1.54, 1.807) is 13.0 Å². The molecule has 0 amide bonds. The lowest BCUT2D eigenvalue weighted by Crippen LogP contribution is -2.00. The Bertz CT molecular complexity index is 312. The Morgan fingerprint density at radius 1 is 1.58 bits per heavy atom. The van der Waals surface area contributed by atoms with Gasteiger partial charge in [-0.2, -0.15) is 0 Å². The summed E-state index contributed by atoms with van der Waals surface area (Å²) < 4.78 is 12.9. The minimum atomic E-state index is -0.548. The summed E-state index contributed by atoms with van der Waals surface area (Å²) in [6.45, 7) is 1.28. The van der Waals surface area contributed by atoms with Crippen molar-refractivity contribution in [3.05, 3.63) is 45.3 Å². The predicted octanol–water partition coefficient (Wildman–Crippen LogP) is 1.91. The molecule has 64 valence electrons. The van der Waals surface area contributed by atoms with Crippen LogP contribution in [0.5, 0.6) is 0 Å². The van der Waals surface area contributed by atoms with Gasteiger partial charge in [0.2, 0.25) is 6.54 Å². The Kier molecular flexibility index (Phi) is 2.38. The number of rotatable bonds is 2. The van der Waals surface area contributed by atoms with Gasteiger partial charge in [-0.15, -0.1) is 0 Å². The van der Waals surface area contributed by atoms with Crippen LogP contribution in [0.4, 0.5) is 4.39 Å². The molecule has 3 nitrogen and oxygen atoms in total. The van der Waals surface area contributed by atoms with Crippen LogP contribution in [0.1, 0.15) is 11.1 Å². The van der Waals surface area contributed by atoms with Gasteiger partial charge < -0.3 is 0 Å². The van der Waals surface area contributed by atoms with Crippen LogP contribution in [0.15, 0.2) is 18.2 Å². The molecular formula is C8H8FNO2. The van der Waals surface area contributed by atoms with E-state index in [0.29, 0.717) is 0 Å². The number of benzene rings is 1. The molecule has 0 aromatic heterocycles. The van der Waals surface area contributed by atoms with Crippen molar-refractivity contribution in [2.75, 3.05) is 0 Å². The fraction of sp³-hybridized carbons (Fsp3) is 0.250. The monoisotopic (exact) mass is 169 g/mol. The number of hydrogen-bond donors (Lipinski definition) is 0. The van der Waals surface area contributed by atoms with Crippen LogP contribution in [0, 0.1) is 22.9 Å². The molecule has 0 heterocycles. The Balaban J connectivity index is 2.93. The zero-order valence-corrected chi connectivity index (χ0v) is 6.58. The predicted molar refractivity (Wildman–Crippen MR) is 41.8 cm³/mol. The van der Waals surface area contributed by atoms with Crippen molar-refractivity contribution in [1.82, 2.24) is 0 Å². The highest BCUT2D eigenvalue weighted by Crippen LogP contribution is 2.10. The molecular weight excluding hydrogens is 161 g/mol. The standard InChI is InChI=1S/C8H8FNO2/c1-6-2-3-7(5-10(11)12)8(9)4-6/h2-4H,5H2,1H3. The van der Waals surface area contributed by atoms with E-state index in [0.717, 1.165) is 5.56 Å². The first-order chi connectivity index (χ1) is 5.59. The quantitative estimate of drug-likeness (QED) is 0.501. The van der Waals surface area contributed by atoms with Gasteiger partial charge in [-0.05, 0) is 24.6 Å². The van der Waals surface area contributed by atoms with Crippen LogP contribution in [0.25, 0.3) is 0 Å². The highest BCUT2D eigenvalue weighted by molar-refractivity contribution is 5.22. The fourth-order valence-electron chi connectivity index (χ4n) is 0.920. The second-order valence-electron chi connectivity index (χ2n) is 2.59. The summed E-state index contributed by atoms with van der Waals surface area (Å²) in [5.74, 6) is -0.508. The average molecular weight is 169 g/mol. The molecule has 1 aromatic carbocycles. The van der Waals surface area contributed by atoms with Gasteiger partial charge in [0.05, 0.1) is 5.56 Å². The first-order valence-corrected chi connectivity index (χ1v) is 3.46. The first-order valence-electron chi connectivity index (χ1n) is 3.46. The average Bonchev–Trinajstić information content (AvgIpc) is 1.94. The summed E-state index contributed by atoms with van der Waals surface area (Å²) >= 11 is 0. The van der Waals surface area contributed by atoms with Crippen molar-refractivity contribution in [2.45, 2.75) is 13.5 Å². The molecule has 1 rings (SSSR count). The van der Waals surface area contributed by atoms with Crippen molar-refractivity contribution in [2.24, 2.45) is 0 Å². The maximum Gasteiger partial charge on any atom is 0.231 e. The molecule has 0 aliphatic heterocycles. The normalized spacial score (nSPS) is 9.83. The zero-order chi connectivity index (χ0) is 9.14. The smallest absolute Gasteiger partial charge is 0.231 e. The third kappa shape index (κ3) is 2.02. The lowest BCUT2D eigenvalue weighted by atomic mass is 10.1. The molecule has 0 atom stereocenters. The number of aryl methyl sites for hydroxylation is 1. The van der Waals surface area contributed by atoms with E-state index >= 15 is 0 Å². The van der Waals surface area contributed by atoms with Gasteiger partial charge in [-0.1, -0.05) is 6.07 Å². The minimum absolute atomic E-state index is 0.130. The van der Waals surface area contributed by atoms with Crippen molar-refractivity contribution >= 4 is 0 Å². The van der Waals surface area contributed by atoms with Gasteiger partial charge >= 0.3 is 0 Å². The second-order valence-corrected chi connectivity index (χ2v) is 2.59. The molecule has 0 saturated heterocycles. The highest BCUT2D eigenvalue weighted by atomic mass is 19.1. The highest BCUT2D eigenvalue weighted by Gasteiger charge is 2.07. The van der Waals surface area contributed by atoms with Crippen LogP contribution < -0.4 is 0 Å². The van der Waals surface area contributed by atoms with Crippen molar-refractivity contribution < 1.29 is 9.31 Å². The fourth-order valence-corrected chi connectivity index (χ4v) is 0.920. The molecule has 0 spiro atoms. The number of nitro groups is 1. The van der Waals surface area contributed by atoms with Crippen LogP contribution in [0.3, 0.4) is 0 Å². The number of halogens is 1. The van der Waals surface area contributed by atoms with Crippen LogP contribution in [-0.4, -0.2) is 4.92 Å². The van der Waals surface area contributed by atoms with E-state index in [1.165, 1.54) is 12.1 Å². The van der Waals surface area contributed by atoms with E-state index in [2.05, 4.69) is 0 Å². The first kappa shape index (κ1) is 8.64. The number of nitrogens with zero attached hydrogens (tertiary/aromatic N) is 1. The third-order valence-corrected chi connectivity index (χ3v) is 1.51. The van der Waals surface area contributed by atoms with Gasteiger partial charge in [-0.25, -0.2) is 4.39 Å². The maximum absolute atomic E-state index is 12.9. The second kappa shape index (κ2) is 3.30. The molecule has 0 N–H and O–H groups in total. The summed E-state index contributed by atoms with van der Waals surface area (Å²) in [5, 5.41) is 10.0. The number of hydrogen-bond acceptors (Lipinski definition) is 2. The van der Waals surface area contributed by atoms with E-state index in [9.17, 15) is 14.5 Å². The Labute approximate surface area is 69.0 Å². The van der Waals surface area contributed by atoms with Crippen LogP contribution >= 0.6 is 0 Å². The van der Waals surface area contributed by atoms with E-state index in [1.807, 2.05) is 0 Å². The van der Waals surface area contributed by atoms with Crippen LogP contribution in [-0.2, 0) is 6.54 Å². The van der Waals surface area contributed by atoms with Crippen LogP contribution in [0.2, 0.25) is 0 Å². The van der Waals surface area contributed by atoms with E-state index in [-0.39, 0.29) is 5.56 Å². The summed E-state index contributed by atoms with van der Waals surface area (Å²) in [4.78, 5) is 9.50. The summed E-state index contributed by atoms with van der Waals surface area (Å²) in [6.07, 6.45) is 0. The van der Waals surface area contributed by atoms with Crippen molar-refractivity contribution in [1.29, 1.82) is 0 Å². The molecule has 0 aliphatic carbocycles. The molecule has 0 fully saturated rings. The molecule has 1 aromatic rings. The summed E-state index contributed by atoms with van der Waals surface area (Å²) in [6, 6.07) is 4.38. The maximum atomic E-state index is 12.9. The zero-order valence-electron chi connectivity index (χ0n) is 6.58. The van der Waals surface area contributed by atoms with Gasteiger partial charge in [0.25, 0.3) is 0 Å². The molecule has 0 radical (unpaired) electrons. The Morgan fingerprint density at radius 3 is 2.75 bits per heavy atom. The van der Waals surface area contributed by atoms with E-state index in [4.69, 9.17) is 0 Å². The van der Waals surface area contributed by atoms with Crippen molar-refractivity contribution in [3.63, 3.8) is 0 Å². The molecule has 0 bridgehead atoms. The molecule has 12 heavy (non-hydrogen) atoms. The van der Waals surface area contributed by atoms with Gasteiger partial charge in [0.15, 0.2) is 0 Å². The Morgan fingerprint density at radius 2 is 2.25 bits per heavy atom. The lowest BCUT2D eigenvalue weighted by molar-refractivity contribution is -0.497. The van der Waals surface area contributed by atoms with Gasteiger partial charge in [-0.3, -0.25) is 10.1 Å². The van der Waals surface area contributed by atoms with Crippen molar-refractivity contribution in [3.8, 4) is 0 Å². The molecule has 0 unspecified atom stereocenters. The third-order valence-electron chi connectivity index (χ3n) is 1.51. The lowest BCUT2D eigenvalue weighted by Gasteiger charge is -1.98. The summed E-state index contributed by atoms with van der Waals surface area (Å²) in [7, 11) is 0.